The minimum Gasteiger partial charge on any atom is -0.379 e. The summed E-state index contributed by atoms with van der Waals surface area (Å²) in [6.07, 6.45) is 0. The molecule has 0 aliphatic carbocycles. The summed E-state index contributed by atoms with van der Waals surface area (Å²) in [4.78, 5) is 4.51. The summed E-state index contributed by atoms with van der Waals surface area (Å²) in [5.41, 5.74) is 8.29. The minimum absolute atomic E-state index is 0.0723. The maximum atomic E-state index is 5.98. The van der Waals surface area contributed by atoms with E-state index in [0.717, 1.165) is 16.3 Å². The third-order valence-electron chi connectivity index (χ3n) is 2.88. The summed E-state index contributed by atoms with van der Waals surface area (Å²) in [7, 11) is 0. The van der Waals surface area contributed by atoms with E-state index in [0.29, 0.717) is 5.17 Å². The van der Waals surface area contributed by atoms with Crippen molar-refractivity contribution in [2.24, 2.45) is 10.7 Å². The van der Waals surface area contributed by atoms with E-state index in [1.807, 2.05) is 49.4 Å². The van der Waals surface area contributed by atoms with E-state index in [2.05, 4.69) is 17.1 Å². The standard InChI is InChI=1S/C16H17ClN2S/c1-12(14-7-3-2-4-8-14)19-16(18)20-11-13-6-5-9-15(17)10-13/h2-10,12H,11H2,1H3,(H2,18,19)/t12-/m0/s1. The van der Waals surface area contributed by atoms with Crippen molar-refractivity contribution in [1.29, 1.82) is 0 Å². The summed E-state index contributed by atoms with van der Waals surface area (Å²) >= 11 is 7.48. The van der Waals surface area contributed by atoms with Gasteiger partial charge in [-0.15, -0.1) is 0 Å². The molecule has 0 amide bonds. The van der Waals surface area contributed by atoms with Gasteiger partial charge in [0.05, 0.1) is 6.04 Å². The SMILES string of the molecule is C[C@H](N=C(N)SCc1cccc(Cl)c1)c1ccccc1. The van der Waals surface area contributed by atoms with Crippen molar-refractivity contribution >= 4 is 28.5 Å². The molecule has 0 unspecified atom stereocenters. The van der Waals surface area contributed by atoms with Crippen LogP contribution in [0.25, 0.3) is 0 Å². The van der Waals surface area contributed by atoms with Crippen LogP contribution < -0.4 is 5.73 Å². The topological polar surface area (TPSA) is 38.4 Å². The van der Waals surface area contributed by atoms with Crippen LogP contribution in [0.15, 0.2) is 59.6 Å². The van der Waals surface area contributed by atoms with Crippen LogP contribution in [0.5, 0.6) is 0 Å². The largest absolute Gasteiger partial charge is 0.379 e. The van der Waals surface area contributed by atoms with Gasteiger partial charge in [0.2, 0.25) is 0 Å². The predicted octanol–water partition coefficient (Wildman–Crippen LogP) is 4.65. The van der Waals surface area contributed by atoms with Gasteiger partial charge in [0.25, 0.3) is 0 Å². The first-order valence-corrected chi connectivity index (χ1v) is 7.77. The van der Waals surface area contributed by atoms with Crippen LogP contribution in [0.3, 0.4) is 0 Å². The maximum absolute atomic E-state index is 5.98. The molecule has 0 saturated carbocycles. The Balaban J connectivity index is 1.94. The second kappa shape index (κ2) is 7.36. The number of thioether (sulfide) groups is 1. The van der Waals surface area contributed by atoms with E-state index in [1.165, 1.54) is 17.3 Å². The van der Waals surface area contributed by atoms with Crippen LogP contribution in [0, 0.1) is 0 Å². The zero-order chi connectivity index (χ0) is 14.4. The highest BCUT2D eigenvalue weighted by Crippen LogP contribution is 2.20. The number of hydrogen-bond acceptors (Lipinski definition) is 2. The van der Waals surface area contributed by atoms with Crippen LogP contribution in [0.1, 0.15) is 24.1 Å². The number of aliphatic imine (C=N–C) groups is 1. The molecule has 0 fully saturated rings. The Morgan fingerprint density at radius 2 is 1.95 bits per heavy atom. The maximum Gasteiger partial charge on any atom is 0.154 e. The van der Waals surface area contributed by atoms with Crippen LogP contribution in [-0.2, 0) is 5.75 Å². The third-order valence-corrected chi connectivity index (χ3v) is 3.99. The molecule has 0 bridgehead atoms. The third kappa shape index (κ3) is 4.58. The smallest absolute Gasteiger partial charge is 0.154 e. The lowest BCUT2D eigenvalue weighted by Gasteiger charge is -2.08. The molecule has 0 aliphatic rings. The van der Waals surface area contributed by atoms with Crippen molar-refractivity contribution in [2.45, 2.75) is 18.7 Å². The number of halogens is 1. The predicted molar refractivity (Wildman–Crippen MR) is 89.2 cm³/mol. The van der Waals surface area contributed by atoms with Crippen molar-refractivity contribution in [1.82, 2.24) is 0 Å². The normalized spacial score (nSPS) is 13.2. The molecule has 20 heavy (non-hydrogen) atoms. The molecule has 2 nitrogen and oxygen atoms in total. The van der Waals surface area contributed by atoms with Crippen molar-refractivity contribution in [3.05, 3.63) is 70.7 Å². The van der Waals surface area contributed by atoms with Crippen LogP contribution in [-0.4, -0.2) is 5.17 Å². The second-order valence-electron chi connectivity index (χ2n) is 4.47. The molecule has 2 aromatic rings. The molecule has 0 heterocycles. The van der Waals surface area contributed by atoms with Gasteiger partial charge in [0.1, 0.15) is 0 Å². The monoisotopic (exact) mass is 304 g/mol. The van der Waals surface area contributed by atoms with Crippen molar-refractivity contribution < 1.29 is 0 Å². The molecule has 0 saturated heterocycles. The highest BCUT2D eigenvalue weighted by molar-refractivity contribution is 8.13. The molecular formula is C16H17ClN2S. The lowest BCUT2D eigenvalue weighted by atomic mass is 10.1. The van der Waals surface area contributed by atoms with Gasteiger partial charge in [-0.25, -0.2) is 0 Å². The molecule has 1 atom stereocenters. The fourth-order valence-corrected chi connectivity index (χ4v) is 2.76. The summed E-state index contributed by atoms with van der Waals surface area (Å²) in [5.74, 6) is 0.775. The van der Waals surface area contributed by atoms with E-state index in [1.54, 1.807) is 0 Å². The molecule has 0 radical (unpaired) electrons. The lowest BCUT2D eigenvalue weighted by molar-refractivity contribution is 0.822. The van der Waals surface area contributed by atoms with Gasteiger partial charge >= 0.3 is 0 Å². The molecule has 2 aromatic carbocycles. The summed E-state index contributed by atoms with van der Waals surface area (Å²) in [5, 5.41) is 1.34. The van der Waals surface area contributed by atoms with E-state index in [4.69, 9.17) is 17.3 Å². The molecular weight excluding hydrogens is 288 g/mol. The van der Waals surface area contributed by atoms with Gasteiger partial charge in [-0.05, 0) is 30.2 Å². The molecule has 2 N–H and O–H groups in total. The molecule has 0 spiro atoms. The van der Waals surface area contributed by atoms with Gasteiger partial charge in [0, 0.05) is 10.8 Å². The zero-order valence-corrected chi connectivity index (χ0v) is 12.9. The van der Waals surface area contributed by atoms with Crippen LogP contribution in [0.2, 0.25) is 5.02 Å². The van der Waals surface area contributed by atoms with Gasteiger partial charge in [-0.3, -0.25) is 4.99 Å². The molecule has 0 aliphatic heterocycles. The Kier molecular flexibility index (Phi) is 5.50. The van der Waals surface area contributed by atoms with Gasteiger partial charge in [-0.1, -0.05) is 65.8 Å². The number of rotatable bonds is 4. The number of benzene rings is 2. The van der Waals surface area contributed by atoms with E-state index in [-0.39, 0.29) is 6.04 Å². The van der Waals surface area contributed by atoms with Gasteiger partial charge < -0.3 is 5.73 Å². The first-order chi connectivity index (χ1) is 9.65. The fraction of sp³-hybridized carbons (Fsp3) is 0.188. The zero-order valence-electron chi connectivity index (χ0n) is 11.3. The van der Waals surface area contributed by atoms with Crippen molar-refractivity contribution in [3.63, 3.8) is 0 Å². The highest BCUT2D eigenvalue weighted by Gasteiger charge is 2.04. The van der Waals surface area contributed by atoms with Gasteiger partial charge in [-0.2, -0.15) is 0 Å². The van der Waals surface area contributed by atoms with Gasteiger partial charge in [0.15, 0.2) is 5.17 Å². The summed E-state index contributed by atoms with van der Waals surface area (Å²) in [6.45, 7) is 2.04. The van der Waals surface area contributed by atoms with Crippen molar-refractivity contribution in [3.8, 4) is 0 Å². The van der Waals surface area contributed by atoms with E-state index in [9.17, 15) is 0 Å². The Morgan fingerprint density at radius 3 is 2.65 bits per heavy atom. The number of nitrogens with two attached hydrogens (primary N) is 1. The van der Waals surface area contributed by atoms with Crippen LogP contribution >= 0.6 is 23.4 Å². The number of nitrogens with zero attached hydrogens (tertiary/aromatic N) is 1. The number of hydrogen-bond donors (Lipinski definition) is 1. The molecule has 0 aromatic heterocycles. The number of amidine groups is 1. The lowest BCUT2D eigenvalue weighted by Crippen LogP contribution is -2.08. The first kappa shape index (κ1) is 14.9. The molecule has 104 valence electrons. The minimum atomic E-state index is 0.0723. The first-order valence-electron chi connectivity index (χ1n) is 6.40. The van der Waals surface area contributed by atoms with E-state index < -0.39 is 0 Å². The molecule has 4 heteroatoms. The Labute approximate surface area is 129 Å². The highest BCUT2D eigenvalue weighted by atomic mass is 35.5. The quantitative estimate of drug-likeness (QED) is 0.659. The van der Waals surface area contributed by atoms with Crippen LogP contribution in [0.4, 0.5) is 0 Å². The second-order valence-corrected chi connectivity index (χ2v) is 5.90. The summed E-state index contributed by atoms with van der Waals surface area (Å²) < 4.78 is 0. The fourth-order valence-electron chi connectivity index (χ4n) is 1.82. The van der Waals surface area contributed by atoms with Crippen molar-refractivity contribution in [2.75, 3.05) is 0 Å². The Bertz CT molecular complexity index is 584. The Hall–Kier alpha value is -1.45. The summed E-state index contributed by atoms with van der Waals surface area (Å²) in [6, 6.07) is 18.0. The van der Waals surface area contributed by atoms with E-state index >= 15 is 0 Å². The molecule has 2 rings (SSSR count). The Morgan fingerprint density at radius 1 is 1.20 bits per heavy atom. The average Bonchev–Trinajstić information content (AvgIpc) is 2.46. The average molecular weight is 305 g/mol.